The summed E-state index contributed by atoms with van der Waals surface area (Å²) in [5.74, 6) is -0.00372. The highest BCUT2D eigenvalue weighted by Crippen LogP contribution is 2.33. The van der Waals surface area contributed by atoms with E-state index in [-0.39, 0.29) is 12.5 Å². The second kappa shape index (κ2) is 9.65. The van der Waals surface area contributed by atoms with Crippen molar-refractivity contribution < 1.29 is 9.53 Å². The maximum absolute atomic E-state index is 13.4. The molecule has 1 aliphatic rings. The predicted molar refractivity (Wildman–Crippen MR) is 125 cm³/mol. The van der Waals surface area contributed by atoms with E-state index in [1.54, 1.807) is 4.68 Å². The molecule has 1 saturated heterocycles. The van der Waals surface area contributed by atoms with Crippen molar-refractivity contribution in [2.75, 3.05) is 44.3 Å². The van der Waals surface area contributed by atoms with Gasteiger partial charge in [-0.2, -0.15) is 5.10 Å². The molecule has 0 saturated carbocycles. The molecule has 3 aromatic rings. The van der Waals surface area contributed by atoms with Gasteiger partial charge >= 0.3 is 0 Å². The van der Waals surface area contributed by atoms with Crippen molar-refractivity contribution >= 4 is 44.2 Å². The van der Waals surface area contributed by atoms with Gasteiger partial charge in [-0.25, -0.2) is 4.98 Å². The molecule has 0 aliphatic carbocycles. The van der Waals surface area contributed by atoms with E-state index in [9.17, 15) is 4.79 Å². The van der Waals surface area contributed by atoms with E-state index in [0.717, 1.165) is 66.4 Å². The van der Waals surface area contributed by atoms with Crippen molar-refractivity contribution in [3.8, 4) is 0 Å². The summed E-state index contributed by atoms with van der Waals surface area (Å²) in [5, 5.41) is 5.87. The third-order valence-corrected chi connectivity index (χ3v) is 6.76. The number of benzene rings is 1. The van der Waals surface area contributed by atoms with Gasteiger partial charge in [-0.3, -0.25) is 19.3 Å². The lowest BCUT2D eigenvalue weighted by molar-refractivity contribution is -0.119. The Balaban J connectivity index is 1.56. The third-order valence-electron chi connectivity index (χ3n) is 5.52. The van der Waals surface area contributed by atoms with Crippen LogP contribution in [0.5, 0.6) is 0 Å². The van der Waals surface area contributed by atoms with E-state index in [2.05, 4.69) is 10.00 Å². The molecule has 1 aromatic carbocycles. The normalized spacial score (nSPS) is 15.0. The highest BCUT2D eigenvalue weighted by atomic mass is 35.5. The molecule has 0 atom stereocenters. The summed E-state index contributed by atoms with van der Waals surface area (Å²) in [7, 11) is 0. The maximum atomic E-state index is 13.4. The Morgan fingerprint density at radius 1 is 1.23 bits per heavy atom. The van der Waals surface area contributed by atoms with Gasteiger partial charge < -0.3 is 4.74 Å². The summed E-state index contributed by atoms with van der Waals surface area (Å²) in [4.78, 5) is 22.4. The number of hydrogen-bond donors (Lipinski definition) is 0. The van der Waals surface area contributed by atoms with E-state index < -0.39 is 0 Å². The van der Waals surface area contributed by atoms with Crippen molar-refractivity contribution in [1.82, 2.24) is 19.7 Å². The molecule has 2 aromatic heterocycles. The molecule has 1 fully saturated rings. The molecule has 0 unspecified atom stereocenters. The highest BCUT2D eigenvalue weighted by Gasteiger charge is 2.22. The van der Waals surface area contributed by atoms with Gasteiger partial charge in [-0.15, -0.1) is 0 Å². The first-order valence-electron chi connectivity index (χ1n) is 10.6. The first kappa shape index (κ1) is 22.2. The van der Waals surface area contributed by atoms with Crippen LogP contribution in [0.3, 0.4) is 0 Å². The van der Waals surface area contributed by atoms with E-state index >= 15 is 0 Å². The third kappa shape index (κ3) is 5.26. The standard InChI is InChI=1S/C22H28ClN5O2S/c1-15-11-18(23)13-19-21(15)24-22(31-19)27(6-4-5-26-7-9-30-10-8-26)20(29)14-28-17(3)12-16(2)25-28/h11-13H,4-10,14H2,1-3H3. The molecule has 0 radical (unpaired) electrons. The number of thiazole rings is 1. The summed E-state index contributed by atoms with van der Waals surface area (Å²) < 4.78 is 8.20. The number of ether oxygens (including phenoxy) is 1. The Kier molecular flexibility index (Phi) is 6.91. The van der Waals surface area contributed by atoms with Crippen LogP contribution in [0.25, 0.3) is 10.2 Å². The molecule has 1 aliphatic heterocycles. The van der Waals surface area contributed by atoms with Crippen LogP contribution < -0.4 is 4.90 Å². The summed E-state index contributed by atoms with van der Waals surface area (Å²) >= 11 is 7.76. The van der Waals surface area contributed by atoms with Crippen LogP contribution in [0, 0.1) is 20.8 Å². The lowest BCUT2D eigenvalue weighted by Crippen LogP contribution is -2.40. The number of halogens is 1. The molecule has 0 spiro atoms. The summed E-state index contributed by atoms with van der Waals surface area (Å²) in [6.07, 6.45) is 0.874. The van der Waals surface area contributed by atoms with Gasteiger partial charge in [0.15, 0.2) is 5.13 Å². The molecule has 4 rings (SSSR count). The Morgan fingerprint density at radius 3 is 2.71 bits per heavy atom. The summed E-state index contributed by atoms with van der Waals surface area (Å²) in [6, 6.07) is 5.81. The van der Waals surface area contributed by atoms with Gasteiger partial charge in [-0.05, 0) is 51.0 Å². The van der Waals surface area contributed by atoms with Crippen molar-refractivity contribution in [3.05, 3.63) is 40.2 Å². The Labute approximate surface area is 191 Å². The number of carbonyl (C=O) groups is 1. The van der Waals surface area contributed by atoms with Crippen LogP contribution in [0.15, 0.2) is 18.2 Å². The van der Waals surface area contributed by atoms with Gasteiger partial charge in [0.1, 0.15) is 6.54 Å². The number of rotatable bonds is 7. The molecule has 0 N–H and O–H groups in total. The van der Waals surface area contributed by atoms with Gasteiger partial charge in [0.05, 0.1) is 29.1 Å². The van der Waals surface area contributed by atoms with Crippen molar-refractivity contribution in [2.24, 2.45) is 0 Å². The number of fused-ring (bicyclic) bond motifs is 1. The van der Waals surface area contributed by atoms with Crippen LogP contribution in [0.2, 0.25) is 5.02 Å². The van der Waals surface area contributed by atoms with Gasteiger partial charge in [0, 0.05) is 36.9 Å². The molecular weight excluding hydrogens is 434 g/mol. The summed E-state index contributed by atoms with van der Waals surface area (Å²) in [6.45, 7) is 11.1. The number of morpholine rings is 1. The molecule has 7 nitrogen and oxygen atoms in total. The van der Waals surface area contributed by atoms with Crippen LogP contribution >= 0.6 is 22.9 Å². The zero-order valence-electron chi connectivity index (χ0n) is 18.2. The largest absolute Gasteiger partial charge is 0.379 e. The van der Waals surface area contributed by atoms with Gasteiger partial charge in [0.2, 0.25) is 0 Å². The van der Waals surface area contributed by atoms with Crippen molar-refractivity contribution in [2.45, 2.75) is 33.7 Å². The number of carbonyl (C=O) groups excluding carboxylic acids is 1. The predicted octanol–water partition coefficient (Wildman–Crippen LogP) is 3.83. The topological polar surface area (TPSA) is 63.5 Å². The lowest BCUT2D eigenvalue weighted by atomic mass is 10.2. The monoisotopic (exact) mass is 461 g/mol. The average molecular weight is 462 g/mol. The first-order chi connectivity index (χ1) is 14.9. The lowest BCUT2D eigenvalue weighted by Gasteiger charge is -2.27. The van der Waals surface area contributed by atoms with Crippen LogP contribution in [-0.4, -0.2) is 65.0 Å². The highest BCUT2D eigenvalue weighted by molar-refractivity contribution is 7.22. The molecule has 3 heterocycles. The van der Waals surface area contributed by atoms with Gasteiger partial charge in [0.25, 0.3) is 5.91 Å². The quantitative estimate of drug-likeness (QED) is 0.535. The second-order valence-electron chi connectivity index (χ2n) is 8.00. The first-order valence-corrected chi connectivity index (χ1v) is 11.8. The minimum Gasteiger partial charge on any atom is -0.379 e. The van der Waals surface area contributed by atoms with E-state index in [1.807, 2.05) is 43.9 Å². The maximum Gasteiger partial charge on any atom is 0.250 e. The van der Waals surface area contributed by atoms with E-state index in [0.29, 0.717) is 16.7 Å². The fraction of sp³-hybridized carbons (Fsp3) is 0.500. The molecule has 0 bridgehead atoms. The molecule has 9 heteroatoms. The fourth-order valence-electron chi connectivity index (χ4n) is 3.91. The fourth-order valence-corrected chi connectivity index (χ4v) is 5.37. The Hall–Kier alpha value is -2.00. The SMILES string of the molecule is Cc1cc(C)n(CC(=O)N(CCCN2CCOCC2)c2nc3c(C)cc(Cl)cc3s2)n1. The average Bonchev–Trinajstić information content (AvgIpc) is 3.28. The van der Waals surface area contributed by atoms with Crippen LogP contribution in [0.1, 0.15) is 23.4 Å². The number of aryl methyl sites for hydroxylation is 3. The number of aromatic nitrogens is 3. The smallest absolute Gasteiger partial charge is 0.250 e. The van der Waals surface area contributed by atoms with Gasteiger partial charge in [-0.1, -0.05) is 22.9 Å². The Bertz CT molecular complexity index is 1070. The number of anilines is 1. The Morgan fingerprint density at radius 2 is 2.00 bits per heavy atom. The molecule has 31 heavy (non-hydrogen) atoms. The zero-order valence-corrected chi connectivity index (χ0v) is 19.8. The second-order valence-corrected chi connectivity index (χ2v) is 9.45. The molecule has 166 valence electrons. The van der Waals surface area contributed by atoms with Crippen molar-refractivity contribution in [3.63, 3.8) is 0 Å². The number of hydrogen-bond acceptors (Lipinski definition) is 6. The zero-order chi connectivity index (χ0) is 22.0. The van der Waals surface area contributed by atoms with E-state index in [1.165, 1.54) is 11.3 Å². The van der Waals surface area contributed by atoms with Crippen molar-refractivity contribution in [1.29, 1.82) is 0 Å². The van der Waals surface area contributed by atoms with E-state index in [4.69, 9.17) is 21.3 Å². The number of amides is 1. The summed E-state index contributed by atoms with van der Waals surface area (Å²) in [5.41, 5.74) is 3.81. The molecule has 1 amide bonds. The van der Waals surface area contributed by atoms with Crippen LogP contribution in [-0.2, 0) is 16.1 Å². The minimum atomic E-state index is -0.00372. The molecular formula is C22H28ClN5O2S. The van der Waals surface area contributed by atoms with Crippen LogP contribution in [0.4, 0.5) is 5.13 Å². The minimum absolute atomic E-state index is 0.00372. The number of nitrogens with zero attached hydrogens (tertiary/aromatic N) is 5.